The number of nitrogens with one attached hydrogen (secondary N) is 1. The number of benzene rings is 1. The molecule has 0 saturated carbocycles. The van der Waals surface area contributed by atoms with Crippen LogP contribution in [0.2, 0.25) is 0 Å². The average molecular weight is 243 g/mol. The first-order valence-corrected chi connectivity index (χ1v) is 5.03. The van der Waals surface area contributed by atoms with E-state index in [9.17, 15) is 13.2 Å². The Labute approximate surface area is 97.8 Å². The molecule has 0 aliphatic heterocycles. The topological polar surface area (TPSA) is 21.3 Å². The van der Waals surface area contributed by atoms with Gasteiger partial charge >= 0.3 is 6.36 Å². The molecule has 0 aliphatic carbocycles. The molecule has 0 spiro atoms. The molecule has 1 atom stereocenters. The summed E-state index contributed by atoms with van der Waals surface area (Å²) in [5, 5.41) is 3.00. The quantitative estimate of drug-likeness (QED) is 0.818. The molecule has 0 bridgehead atoms. The molecule has 1 aromatic rings. The van der Waals surface area contributed by atoms with Gasteiger partial charge in [0.25, 0.3) is 0 Å². The molecule has 0 aliphatic rings. The predicted octanol–water partition coefficient (Wildman–Crippen LogP) is 3.41. The van der Waals surface area contributed by atoms with Gasteiger partial charge in [-0.2, -0.15) is 0 Å². The number of rotatable bonds is 4. The van der Waals surface area contributed by atoms with Gasteiger partial charge in [-0.15, -0.1) is 19.6 Å². The minimum Gasteiger partial charge on any atom is -0.406 e. The predicted molar refractivity (Wildman–Crippen MR) is 59.7 cm³/mol. The second-order valence-electron chi connectivity index (χ2n) is 3.34. The molecule has 1 aromatic carbocycles. The van der Waals surface area contributed by atoms with Crippen molar-refractivity contribution in [2.75, 3.05) is 5.32 Å². The van der Waals surface area contributed by atoms with Crippen LogP contribution >= 0.6 is 0 Å². The molecule has 0 amide bonds. The van der Waals surface area contributed by atoms with Crippen molar-refractivity contribution in [3.05, 3.63) is 24.3 Å². The van der Waals surface area contributed by atoms with Crippen molar-refractivity contribution in [3.63, 3.8) is 0 Å². The van der Waals surface area contributed by atoms with Crippen molar-refractivity contribution in [1.29, 1.82) is 0 Å². The van der Waals surface area contributed by atoms with Gasteiger partial charge in [0.2, 0.25) is 0 Å². The normalized spacial score (nSPS) is 12.6. The van der Waals surface area contributed by atoms with Crippen LogP contribution in [0.3, 0.4) is 0 Å². The van der Waals surface area contributed by atoms with Crippen LogP contribution in [-0.4, -0.2) is 12.4 Å². The summed E-state index contributed by atoms with van der Waals surface area (Å²) >= 11 is 0. The standard InChI is InChI=1S/C12H12F3NO/c1-3-9(4-2)16-10-5-7-11(8-6-10)17-12(13,14)15/h1,5-9,16H,4H2,2H3. The fraction of sp³-hybridized carbons (Fsp3) is 0.333. The minimum absolute atomic E-state index is 0.135. The zero-order valence-corrected chi connectivity index (χ0v) is 9.21. The molecule has 92 valence electrons. The van der Waals surface area contributed by atoms with Crippen molar-refractivity contribution in [2.24, 2.45) is 0 Å². The Balaban J connectivity index is 2.66. The molecule has 0 heterocycles. The highest BCUT2D eigenvalue weighted by molar-refractivity contribution is 5.48. The van der Waals surface area contributed by atoms with Crippen LogP contribution in [0.15, 0.2) is 24.3 Å². The van der Waals surface area contributed by atoms with Gasteiger partial charge in [0.1, 0.15) is 5.75 Å². The Morgan fingerprint density at radius 3 is 2.35 bits per heavy atom. The van der Waals surface area contributed by atoms with Crippen molar-refractivity contribution < 1.29 is 17.9 Å². The Kier molecular flexibility index (Phi) is 4.27. The molecular weight excluding hydrogens is 231 g/mol. The van der Waals surface area contributed by atoms with Gasteiger partial charge in [-0.05, 0) is 30.7 Å². The Morgan fingerprint density at radius 2 is 1.94 bits per heavy atom. The second kappa shape index (κ2) is 5.48. The monoisotopic (exact) mass is 243 g/mol. The highest BCUT2D eigenvalue weighted by atomic mass is 19.4. The Bertz CT molecular complexity index is 392. The molecule has 5 heteroatoms. The molecule has 1 N–H and O–H groups in total. The van der Waals surface area contributed by atoms with Crippen LogP contribution in [0.4, 0.5) is 18.9 Å². The number of hydrogen-bond acceptors (Lipinski definition) is 2. The molecule has 1 unspecified atom stereocenters. The molecular formula is C12H12F3NO. The van der Waals surface area contributed by atoms with E-state index in [1.54, 1.807) is 0 Å². The van der Waals surface area contributed by atoms with Crippen LogP contribution < -0.4 is 10.1 Å². The summed E-state index contributed by atoms with van der Waals surface area (Å²) in [6.07, 6.45) is 1.32. The lowest BCUT2D eigenvalue weighted by Gasteiger charge is -2.13. The molecule has 0 radical (unpaired) electrons. The molecule has 0 aromatic heterocycles. The highest BCUT2D eigenvalue weighted by Gasteiger charge is 2.30. The molecule has 17 heavy (non-hydrogen) atoms. The molecule has 0 fully saturated rings. The highest BCUT2D eigenvalue weighted by Crippen LogP contribution is 2.24. The van der Waals surface area contributed by atoms with Crippen LogP contribution in [-0.2, 0) is 0 Å². The zero-order chi connectivity index (χ0) is 12.9. The number of ether oxygens (including phenoxy) is 1. The average Bonchev–Trinajstić information content (AvgIpc) is 2.26. The molecule has 1 rings (SSSR count). The van der Waals surface area contributed by atoms with Gasteiger partial charge in [-0.1, -0.05) is 12.8 Å². The van der Waals surface area contributed by atoms with Gasteiger partial charge < -0.3 is 10.1 Å². The smallest absolute Gasteiger partial charge is 0.406 e. The summed E-state index contributed by atoms with van der Waals surface area (Å²) in [6, 6.07) is 5.31. The van der Waals surface area contributed by atoms with E-state index < -0.39 is 6.36 Å². The summed E-state index contributed by atoms with van der Waals surface area (Å²) in [6.45, 7) is 1.92. The van der Waals surface area contributed by atoms with E-state index in [0.29, 0.717) is 5.69 Å². The van der Waals surface area contributed by atoms with Crippen LogP contribution in [0.1, 0.15) is 13.3 Å². The third kappa shape index (κ3) is 4.68. The van der Waals surface area contributed by atoms with E-state index in [1.807, 2.05) is 6.92 Å². The lowest BCUT2D eigenvalue weighted by molar-refractivity contribution is -0.274. The van der Waals surface area contributed by atoms with Crippen molar-refractivity contribution in [3.8, 4) is 18.1 Å². The lowest BCUT2D eigenvalue weighted by Crippen LogP contribution is -2.17. The van der Waals surface area contributed by atoms with Crippen molar-refractivity contribution >= 4 is 5.69 Å². The maximum Gasteiger partial charge on any atom is 0.573 e. The third-order valence-electron chi connectivity index (χ3n) is 2.04. The SMILES string of the molecule is C#CC(CC)Nc1ccc(OC(F)(F)F)cc1. The number of terminal acetylenes is 1. The fourth-order valence-corrected chi connectivity index (χ4v) is 1.22. The lowest BCUT2D eigenvalue weighted by atomic mass is 10.2. The van der Waals surface area contributed by atoms with Crippen LogP contribution in [0, 0.1) is 12.3 Å². The van der Waals surface area contributed by atoms with Gasteiger partial charge in [-0.25, -0.2) is 0 Å². The zero-order valence-electron chi connectivity index (χ0n) is 9.21. The van der Waals surface area contributed by atoms with E-state index in [4.69, 9.17) is 6.42 Å². The third-order valence-corrected chi connectivity index (χ3v) is 2.04. The number of hydrogen-bond donors (Lipinski definition) is 1. The number of halogens is 3. The van der Waals surface area contributed by atoms with Gasteiger partial charge in [0, 0.05) is 5.69 Å². The number of anilines is 1. The Hall–Kier alpha value is -1.83. The van der Waals surface area contributed by atoms with E-state index >= 15 is 0 Å². The first-order chi connectivity index (χ1) is 7.94. The summed E-state index contributed by atoms with van der Waals surface area (Å²) in [5.74, 6) is 2.28. The van der Waals surface area contributed by atoms with E-state index in [2.05, 4.69) is 16.0 Å². The van der Waals surface area contributed by atoms with Crippen molar-refractivity contribution in [1.82, 2.24) is 0 Å². The van der Waals surface area contributed by atoms with Crippen LogP contribution in [0.5, 0.6) is 5.75 Å². The molecule has 2 nitrogen and oxygen atoms in total. The fourth-order valence-electron chi connectivity index (χ4n) is 1.22. The van der Waals surface area contributed by atoms with Gasteiger partial charge in [-0.3, -0.25) is 0 Å². The summed E-state index contributed by atoms with van der Waals surface area (Å²) in [5.41, 5.74) is 0.657. The number of alkyl halides is 3. The first-order valence-electron chi connectivity index (χ1n) is 5.03. The van der Waals surface area contributed by atoms with Gasteiger partial charge in [0.05, 0.1) is 6.04 Å². The maximum absolute atomic E-state index is 11.9. The summed E-state index contributed by atoms with van der Waals surface area (Å²) < 4.78 is 39.4. The molecule has 0 saturated heterocycles. The maximum atomic E-state index is 11.9. The summed E-state index contributed by atoms with van der Waals surface area (Å²) in [7, 11) is 0. The van der Waals surface area contributed by atoms with Crippen LogP contribution in [0.25, 0.3) is 0 Å². The van der Waals surface area contributed by atoms with Gasteiger partial charge in [0.15, 0.2) is 0 Å². The minimum atomic E-state index is -4.67. The first kappa shape index (κ1) is 13.2. The van der Waals surface area contributed by atoms with Crippen molar-refractivity contribution in [2.45, 2.75) is 25.7 Å². The van der Waals surface area contributed by atoms with E-state index in [-0.39, 0.29) is 11.8 Å². The summed E-state index contributed by atoms with van der Waals surface area (Å²) in [4.78, 5) is 0. The second-order valence-corrected chi connectivity index (χ2v) is 3.34. The largest absolute Gasteiger partial charge is 0.573 e. The Morgan fingerprint density at radius 1 is 1.35 bits per heavy atom. The van der Waals surface area contributed by atoms with E-state index in [1.165, 1.54) is 24.3 Å². The van der Waals surface area contributed by atoms with E-state index in [0.717, 1.165) is 6.42 Å².